The number of rotatable bonds is 6. The lowest BCUT2D eigenvalue weighted by Crippen LogP contribution is -2.39. The molecule has 2 fully saturated rings. The first kappa shape index (κ1) is 17.3. The van der Waals surface area contributed by atoms with Crippen molar-refractivity contribution < 1.29 is 0 Å². The van der Waals surface area contributed by atoms with E-state index in [1.54, 1.807) is 0 Å². The van der Waals surface area contributed by atoms with Crippen LogP contribution in [0.4, 0.5) is 0 Å². The Kier molecular flexibility index (Phi) is 5.77. The molecule has 24 heavy (non-hydrogen) atoms. The molecule has 4 nitrogen and oxygen atoms in total. The van der Waals surface area contributed by atoms with Gasteiger partial charge in [0.05, 0.1) is 0 Å². The smallest absolute Gasteiger partial charge is 0.193 e. The predicted octanol–water partition coefficient (Wildman–Crippen LogP) is 2.88. The fraction of sp³-hybridized carbons (Fsp3) is 0.650. The van der Waals surface area contributed by atoms with Gasteiger partial charge in [0, 0.05) is 39.3 Å². The zero-order valence-corrected chi connectivity index (χ0v) is 15.5. The molecule has 1 saturated carbocycles. The molecule has 1 aliphatic heterocycles. The molecular weight excluding hydrogens is 296 g/mol. The van der Waals surface area contributed by atoms with Crippen molar-refractivity contribution in [3.63, 3.8) is 0 Å². The Morgan fingerprint density at radius 1 is 1.25 bits per heavy atom. The highest BCUT2D eigenvalue weighted by Gasteiger charge is 2.34. The van der Waals surface area contributed by atoms with E-state index >= 15 is 0 Å². The van der Waals surface area contributed by atoms with Gasteiger partial charge in [-0.15, -0.1) is 0 Å². The molecule has 1 unspecified atom stereocenters. The Morgan fingerprint density at radius 2 is 2.00 bits per heavy atom. The minimum atomic E-state index is 0.729. The Hall–Kier alpha value is -1.55. The summed E-state index contributed by atoms with van der Waals surface area (Å²) in [6, 6.07) is 9.67. The van der Waals surface area contributed by atoms with Gasteiger partial charge in [0.15, 0.2) is 5.96 Å². The second kappa shape index (κ2) is 8.02. The van der Waals surface area contributed by atoms with Crippen molar-refractivity contribution in [1.29, 1.82) is 0 Å². The highest BCUT2D eigenvalue weighted by molar-refractivity contribution is 5.79. The maximum atomic E-state index is 4.93. The van der Waals surface area contributed by atoms with Crippen molar-refractivity contribution in [3.8, 4) is 0 Å². The largest absolute Gasteiger partial charge is 0.357 e. The summed E-state index contributed by atoms with van der Waals surface area (Å²) in [7, 11) is 2.13. The SMILES string of the molecule is CCNC(=NCC1CCN(C2CC2)C1)N(C)Cc1ccc(C)cc1. The van der Waals surface area contributed by atoms with Crippen molar-refractivity contribution >= 4 is 5.96 Å². The van der Waals surface area contributed by atoms with E-state index in [-0.39, 0.29) is 0 Å². The average Bonchev–Trinajstić information content (AvgIpc) is 3.32. The van der Waals surface area contributed by atoms with E-state index in [1.807, 2.05) is 0 Å². The molecule has 0 aromatic heterocycles. The lowest BCUT2D eigenvalue weighted by atomic mass is 10.1. The molecule has 0 spiro atoms. The van der Waals surface area contributed by atoms with Gasteiger partial charge in [0.25, 0.3) is 0 Å². The van der Waals surface area contributed by atoms with Crippen LogP contribution in [0.2, 0.25) is 0 Å². The predicted molar refractivity (Wildman–Crippen MR) is 101 cm³/mol. The molecule has 2 aliphatic rings. The summed E-state index contributed by atoms with van der Waals surface area (Å²) < 4.78 is 0. The minimum Gasteiger partial charge on any atom is -0.357 e. The average molecular weight is 329 g/mol. The van der Waals surface area contributed by atoms with Crippen molar-refractivity contribution in [1.82, 2.24) is 15.1 Å². The van der Waals surface area contributed by atoms with Gasteiger partial charge in [0.2, 0.25) is 0 Å². The topological polar surface area (TPSA) is 30.9 Å². The second-order valence-corrected chi connectivity index (χ2v) is 7.42. The summed E-state index contributed by atoms with van der Waals surface area (Å²) in [4.78, 5) is 9.84. The van der Waals surface area contributed by atoms with E-state index < -0.39 is 0 Å². The third kappa shape index (κ3) is 4.73. The minimum absolute atomic E-state index is 0.729. The van der Waals surface area contributed by atoms with Crippen LogP contribution < -0.4 is 5.32 Å². The number of benzene rings is 1. The molecule has 4 heteroatoms. The van der Waals surface area contributed by atoms with Gasteiger partial charge < -0.3 is 15.1 Å². The molecule has 1 aromatic rings. The third-order valence-electron chi connectivity index (χ3n) is 5.12. The standard InChI is InChI=1S/C20H32N4/c1-4-21-20(23(3)14-17-7-5-16(2)6-8-17)22-13-18-11-12-24(15-18)19-9-10-19/h5-8,18-19H,4,9-15H2,1-3H3,(H,21,22). The molecular formula is C20H32N4. The number of guanidine groups is 1. The third-order valence-corrected chi connectivity index (χ3v) is 5.12. The van der Waals surface area contributed by atoms with Crippen molar-refractivity contribution in [2.45, 2.75) is 45.7 Å². The first-order valence-electron chi connectivity index (χ1n) is 9.44. The van der Waals surface area contributed by atoms with E-state index in [2.05, 4.69) is 60.3 Å². The molecule has 132 valence electrons. The molecule has 3 rings (SSSR count). The molecule has 1 atom stereocenters. The van der Waals surface area contributed by atoms with Gasteiger partial charge in [-0.2, -0.15) is 0 Å². The number of likely N-dealkylation sites (tertiary alicyclic amines) is 1. The van der Waals surface area contributed by atoms with E-state index in [0.717, 1.165) is 37.6 Å². The number of nitrogens with zero attached hydrogens (tertiary/aromatic N) is 3. The van der Waals surface area contributed by atoms with Crippen LogP contribution in [-0.2, 0) is 6.54 Å². The van der Waals surface area contributed by atoms with Crippen molar-refractivity contribution in [2.75, 3.05) is 33.2 Å². The summed E-state index contributed by atoms with van der Waals surface area (Å²) >= 11 is 0. The summed E-state index contributed by atoms with van der Waals surface area (Å²) in [5, 5.41) is 3.45. The molecule has 1 aliphatic carbocycles. The Morgan fingerprint density at radius 3 is 2.67 bits per heavy atom. The summed E-state index contributed by atoms with van der Waals surface area (Å²) in [6.45, 7) is 9.55. The van der Waals surface area contributed by atoms with Crippen LogP contribution in [0.5, 0.6) is 0 Å². The van der Waals surface area contributed by atoms with Crippen LogP contribution >= 0.6 is 0 Å². The molecule has 0 amide bonds. The van der Waals surface area contributed by atoms with Gasteiger partial charge in [-0.1, -0.05) is 29.8 Å². The highest BCUT2D eigenvalue weighted by Crippen LogP contribution is 2.31. The maximum absolute atomic E-state index is 4.93. The fourth-order valence-electron chi connectivity index (χ4n) is 3.51. The van der Waals surface area contributed by atoms with Crippen molar-refractivity contribution in [2.24, 2.45) is 10.9 Å². The van der Waals surface area contributed by atoms with Crippen LogP contribution in [0.3, 0.4) is 0 Å². The lowest BCUT2D eigenvalue weighted by molar-refractivity contribution is 0.315. The van der Waals surface area contributed by atoms with Gasteiger partial charge in [-0.05, 0) is 51.1 Å². The number of nitrogens with one attached hydrogen (secondary N) is 1. The number of hydrogen-bond acceptors (Lipinski definition) is 2. The summed E-state index contributed by atoms with van der Waals surface area (Å²) in [5.41, 5.74) is 2.64. The van der Waals surface area contributed by atoms with Crippen LogP contribution in [-0.4, -0.2) is 55.0 Å². The first-order valence-corrected chi connectivity index (χ1v) is 9.44. The summed E-state index contributed by atoms with van der Waals surface area (Å²) in [5.74, 6) is 1.76. The van der Waals surface area contributed by atoms with Crippen molar-refractivity contribution in [3.05, 3.63) is 35.4 Å². The van der Waals surface area contributed by atoms with Gasteiger partial charge in [-0.3, -0.25) is 4.99 Å². The second-order valence-electron chi connectivity index (χ2n) is 7.42. The molecule has 1 saturated heterocycles. The molecule has 0 bridgehead atoms. The van der Waals surface area contributed by atoms with E-state index in [9.17, 15) is 0 Å². The number of hydrogen-bond donors (Lipinski definition) is 1. The monoisotopic (exact) mass is 328 g/mol. The molecule has 1 N–H and O–H groups in total. The van der Waals surface area contributed by atoms with Gasteiger partial charge in [-0.25, -0.2) is 0 Å². The summed E-state index contributed by atoms with van der Waals surface area (Å²) in [6.07, 6.45) is 4.14. The Labute approximate surface area is 146 Å². The Bertz CT molecular complexity index is 547. The zero-order chi connectivity index (χ0) is 16.9. The maximum Gasteiger partial charge on any atom is 0.193 e. The number of aryl methyl sites for hydroxylation is 1. The van der Waals surface area contributed by atoms with Gasteiger partial charge in [0.1, 0.15) is 0 Å². The van der Waals surface area contributed by atoms with Crippen LogP contribution in [0, 0.1) is 12.8 Å². The quantitative estimate of drug-likeness (QED) is 0.643. The van der Waals surface area contributed by atoms with Gasteiger partial charge >= 0.3 is 0 Å². The fourth-order valence-corrected chi connectivity index (χ4v) is 3.51. The normalized spacial score (nSPS) is 22.0. The van der Waals surface area contributed by atoms with E-state index in [1.165, 1.54) is 43.5 Å². The Balaban J connectivity index is 1.55. The molecule has 0 radical (unpaired) electrons. The molecule has 1 aromatic carbocycles. The lowest BCUT2D eigenvalue weighted by Gasteiger charge is -2.23. The van der Waals surface area contributed by atoms with Crippen LogP contribution in [0.15, 0.2) is 29.3 Å². The highest BCUT2D eigenvalue weighted by atomic mass is 15.3. The van der Waals surface area contributed by atoms with E-state index in [4.69, 9.17) is 4.99 Å². The van der Waals surface area contributed by atoms with Crippen LogP contribution in [0.1, 0.15) is 37.3 Å². The zero-order valence-electron chi connectivity index (χ0n) is 15.5. The van der Waals surface area contributed by atoms with Crippen LogP contribution in [0.25, 0.3) is 0 Å². The first-order chi connectivity index (χ1) is 11.7. The van der Waals surface area contributed by atoms with E-state index in [0.29, 0.717) is 0 Å². The molecule has 1 heterocycles. The number of aliphatic imine (C=N–C) groups is 1.